The van der Waals surface area contributed by atoms with E-state index < -0.39 is 5.60 Å². The normalized spacial score (nSPS) is 25.9. The molecule has 0 aliphatic carbocycles. The third-order valence-electron chi connectivity index (χ3n) is 4.11. The van der Waals surface area contributed by atoms with Crippen LogP contribution in [-0.4, -0.2) is 54.6 Å². The first-order valence-corrected chi connectivity index (χ1v) is 8.01. The highest BCUT2D eigenvalue weighted by atomic mass is 16.6. The largest absolute Gasteiger partial charge is 0.444 e. The van der Waals surface area contributed by atoms with Gasteiger partial charge < -0.3 is 19.1 Å². The van der Waals surface area contributed by atoms with Gasteiger partial charge in [0.2, 0.25) is 0 Å². The van der Waals surface area contributed by atoms with Crippen LogP contribution < -0.4 is 0 Å². The van der Waals surface area contributed by atoms with Crippen molar-refractivity contribution in [3.63, 3.8) is 0 Å². The molecule has 0 spiro atoms. The van der Waals surface area contributed by atoms with Crippen molar-refractivity contribution in [3.05, 3.63) is 0 Å². The number of amides is 1. The number of ether oxygens (including phenoxy) is 3. The van der Waals surface area contributed by atoms with Gasteiger partial charge in [0, 0.05) is 19.7 Å². The Morgan fingerprint density at radius 3 is 2.52 bits per heavy atom. The van der Waals surface area contributed by atoms with Crippen molar-refractivity contribution < 1.29 is 19.0 Å². The van der Waals surface area contributed by atoms with Gasteiger partial charge in [-0.2, -0.15) is 0 Å². The molecular weight excluding hydrogens is 270 g/mol. The van der Waals surface area contributed by atoms with Crippen molar-refractivity contribution in [1.29, 1.82) is 0 Å². The van der Waals surface area contributed by atoms with Gasteiger partial charge in [-0.3, -0.25) is 0 Å². The summed E-state index contributed by atoms with van der Waals surface area (Å²) >= 11 is 0. The monoisotopic (exact) mass is 299 g/mol. The third kappa shape index (κ3) is 5.15. The lowest BCUT2D eigenvalue weighted by Crippen LogP contribution is -2.48. The summed E-state index contributed by atoms with van der Waals surface area (Å²) in [5.41, 5.74) is -0.585. The van der Waals surface area contributed by atoms with Crippen LogP contribution in [0.5, 0.6) is 0 Å². The molecule has 1 amide bonds. The third-order valence-corrected chi connectivity index (χ3v) is 4.11. The molecule has 2 rings (SSSR count). The number of hydrogen-bond acceptors (Lipinski definition) is 4. The van der Waals surface area contributed by atoms with Gasteiger partial charge in [0.15, 0.2) is 0 Å². The van der Waals surface area contributed by atoms with Crippen LogP contribution in [0.15, 0.2) is 0 Å². The number of carbonyl (C=O) groups is 1. The predicted molar refractivity (Wildman–Crippen MR) is 80.4 cm³/mol. The first-order chi connectivity index (χ1) is 9.77. The highest BCUT2D eigenvalue weighted by Crippen LogP contribution is 2.28. The Morgan fingerprint density at radius 2 is 2.00 bits per heavy atom. The second kappa shape index (κ2) is 6.53. The van der Waals surface area contributed by atoms with Gasteiger partial charge in [0.1, 0.15) is 5.60 Å². The molecule has 0 radical (unpaired) electrons. The van der Waals surface area contributed by atoms with E-state index in [1.54, 1.807) is 4.90 Å². The Morgan fingerprint density at radius 1 is 1.33 bits per heavy atom. The minimum atomic E-state index is -0.436. The molecule has 1 unspecified atom stereocenters. The molecule has 0 aromatic rings. The zero-order valence-electron chi connectivity index (χ0n) is 13.8. The van der Waals surface area contributed by atoms with Crippen molar-refractivity contribution in [3.8, 4) is 0 Å². The molecule has 2 heterocycles. The quantitative estimate of drug-likeness (QED) is 0.804. The summed E-state index contributed by atoms with van der Waals surface area (Å²) in [6, 6.07) is 0. The maximum Gasteiger partial charge on any atom is 0.410 e. The van der Waals surface area contributed by atoms with Crippen LogP contribution in [0.3, 0.4) is 0 Å². The van der Waals surface area contributed by atoms with Gasteiger partial charge in [-0.25, -0.2) is 4.79 Å². The van der Waals surface area contributed by atoms with E-state index in [1.165, 1.54) is 0 Å². The summed E-state index contributed by atoms with van der Waals surface area (Å²) in [6.45, 7) is 10.7. The summed E-state index contributed by atoms with van der Waals surface area (Å²) in [4.78, 5) is 13.8. The summed E-state index contributed by atoms with van der Waals surface area (Å²) in [7, 11) is 0. The average Bonchev–Trinajstić information content (AvgIpc) is 2.88. The van der Waals surface area contributed by atoms with Crippen LogP contribution in [0.25, 0.3) is 0 Å². The van der Waals surface area contributed by atoms with Crippen molar-refractivity contribution in [1.82, 2.24) is 4.90 Å². The topological polar surface area (TPSA) is 48.0 Å². The summed E-state index contributed by atoms with van der Waals surface area (Å²) in [5.74, 6) is 0. The number of likely N-dealkylation sites (tertiary alicyclic amines) is 1. The molecule has 0 bridgehead atoms. The number of piperidine rings is 1. The second-order valence-electron chi connectivity index (χ2n) is 7.36. The highest BCUT2D eigenvalue weighted by molar-refractivity contribution is 5.68. The van der Waals surface area contributed by atoms with E-state index in [0.717, 1.165) is 32.3 Å². The van der Waals surface area contributed by atoms with E-state index in [0.29, 0.717) is 19.7 Å². The molecule has 0 saturated carbocycles. The standard InChI is InChI=1S/C16H29NO4/c1-15(2,3)21-14(18)17-9-7-16(4,8-10-17)20-12-13-6-5-11-19-13/h13H,5-12H2,1-4H3. The molecule has 21 heavy (non-hydrogen) atoms. The van der Waals surface area contributed by atoms with Crippen LogP contribution in [0.4, 0.5) is 4.79 Å². The maximum absolute atomic E-state index is 12.0. The van der Waals surface area contributed by atoms with Gasteiger partial charge in [-0.1, -0.05) is 0 Å². The van der Waals surface area contributed by atoms with Gasteiger partial charge in [-0.15, -0.1) is 0 Å². The van der Waals surface area contributed by atoms with Crippen LogP contribution in [0, 0.1) is 0 Å². The highest BCUT2D eigenvalue weighted by Gasteiger charge is 2.35. The van der Waals surface area contributed by atoms with Crippen LogP contribution >= 0.6 is 0 Å². The second-order valence-corrected chi connectivity index (χ2v) is 7.36. The number of rotatable bonds is 3. The summed E-state index contributed by atoms with van der Waals surface area (Å²) < 4.78 is 17.1. The molecular formula is C16H29NO4. The summed E-state index contributed by atoms with van der Waals surface area (Å²) in [5, 5.41) is 0. The van der Waals surface area contributed by atoms with Crippen LogP contribution in [0.1, 0.15) is 53.4 Å². The molecule has 1 atom stereocenters. The van der Waals surface area contributed by atoms with E-state index in [-0.39, 0.29) is 17.8 Å². The van der Waals surface area contributed by atoms with Crippen molar-refractivity contribution in [2.45, 2.75) is 70.7 Å². The van der Waals surface area contributed by atoms with E-state index in [1.807, 2.05) is 20.8 Å². The number of hydrogen-bond donors (Lipinski definition) is 0. The Kier molecular flexibility index (Phi) is 5.15. The molecule has 2 saturated heterocycles. The minimum Gasteiger partial charge on any atom is -0.444 e. The van der Waals surface area contributed by atoms with E-state index >= 15 is 0 Å². The maximum atomic E-state index is 12.0. The number of nitrogens with zero attached hydrogens (tertiary/aromatic N) is 1. The van der Waals surface area contributed by atoms with Crippen LogP contribution in [-0.2, 0) is 14.2 Å². The zero-order valence-corrected chi connectivity index (χ0v) is 13.8. The van der Waals surface area contributed by atoms with Gasteiger partial charge in [0.05, 0.1) is 18.3 Å². The van der Waals surface area contributed by atoms with Crippen molar-refractivity contribution in [2.75, 3.05) is 26.3 Å². The fourth-order valence-electron chi connectivity index (χ4n) is 2.70. The van der Waals surface area contributed by atoms with Crippen LogP contribution in [0.2, 0.25) is 0 Å². The van der Waals surface area contributed by atoms with Gasteiger partial charge in [-0.05, 0) is 53.4 Å². The molecule has 0 aromatic heterocycles. The molecule has 0 aromatic carbocycles. The fourth-order valence-corrected chi connectivity index (χ4v) is 2.70. The molecule has 2 aliphatic rings. The van der Waals surface area contributed by atoms with E-state index in [9.17, 15) is 4.79 Å². The smallest absolute Gasteiger partial charge is 0.410 e. The fraction of sp³-hybridized carbons (Fsp3) is 0.938. The SMILES string of the molecule is CC(C)(C)OC(=O)N1CCC(C)(OCC2CCCO2)CC1. The average molecular weight is 299 g/mol. The van der Waals surface area contributed by atoms with Gasteiger partial charge >= 0.3 is 6.09 Å². The first kappa shape index (κ1) is 16.6. The minimum absolute atomic E-state index is 0.148. The Hall–Kier alpha value is -0.810. The van der Waals surface area contributed by atoms with E-state index in [4.69, 9.17) is 14.2 Å². The molecule has 2 aliphatic heterocycles. The first-order valence-electron chi connectivity index (χ1n) is 8.01. The van der Waals surface area contributed by atoms with Gasteiger partial charge in [0.25, 0.3) is 0 Å². The molecule has 5 heteroatoms. The predicted octanol–water partition coefficient (Wildman–Crippen LogP) is 2.97. The lowest BCUT2D eigenvalue weighted by atomic mass is 9.93. The molecule has 2 fully saturated rings. The Bertz CT molecular complexity index is 350. The number of carbonyl (C=O) groups excluding carboxylic acids is 1. The van der Waals surface area contributed by atoms with Crippen molar-refractivity contribution in [2.24, 2.45) is 0 Å². The molecule has 0 N–H and O–H groups in total. The molecule has 122 valence electrons. The summed E-state index contributed by atoms with van der Waals surface area (Å²) in [6.07, 6.45) is 3.96. The van der Waals surface area contributed by atoms with E-state index in [2.05, 4.69) is 6.92 Å². The lowest BCUT2D eigenvalue weighted by molar-refractivity contribution is -0.101. The Balaban J connectivity index is 1.74. The van der Waals surface area contributed by atoms with Crippen molar-refractivity contribution >= 4 is 6.09 Å². The Labute approximate surface area is 127 Å². The molecule has 5 nitrogen and oxygen atoms in total. The zero-order chi connectivity index (χ0) is 15.5. The lowest BCUT2D eigenvalue weighted by Gasteiger charge is -2.40.